The van der Waals surface area contributed by atoms with Crippen molar-refractivity contribution in [3.8, 4) is 5.75 Å². The number of nitrogen functional groups attached to an aromatic ring is 1. The summed E-state index contributed by atoms with van der Waals surface area (Å²) < 4.78 is 6.80. The molecule has 0 saturated heterocycles. The van der Waals surface area contributed by atoms with Crippen molar-refractivity contribution in [1.82, 2.24) is 4.90 Å². The monoisotopic (exact) mass is 354 g/mol. The molecule has 0 aliphatic carbocycles. The highest BCUT2D eigenvalue weighted by Gasteiger charge is 2.09. The molecular formula is C15H19BrN2OS. The van der Waals surface area contributed by atoms with Crippen molar-refractivity contribution in [2.24, 2.45) is 0 Å². The van der Waals surface area contributed by atoms with Gasteiger partial charge in [-0.05, 0) is 54.2 Å². The van der Waals surface area contributed by atoms with Crippen LogP contribution in [0.1, 0.15) is 17.4 Å². The molecule has 5 heteroatoms. The number of ether oxygens (including phenoxy) is 1. The van der Waals surface area contributed by atoms with Gasteiger partial charge in [-0.2, -0.15) is 0 Å². The van der Waals surface area contributed by atoms with Gasteiger partial charge in [0.15, 0.2) is 0 Å². The summed E-state index contributed by atoms with van der Waals surface area (Å²) in [6.07, 6.45) is 0. The summed E-state index contributed by atoms with van der Waals surface area (Å²) in [6.45, 7) is 4.39. The molecule has 1 aromatic carbocycles. The van der Waals surface area contributed by atoms with Crippen molar-refractivity contribution in [2.75, 3.05) is 19.4 Å². The number of thiophene rings is 1. The fourth-order valence-corrected chi connectivity index (χ4v) is 3.60. The SMILES string of the molecule is CCOc1ccc(N)cc1CN(C)Cc1cc(Br)cs1. The van der Waals surface area contributed by atoms with E-state index < -0.39 is 0 Å². The van der Waals surface area contributed by atoms with E-state index in [0.29, 0.717) is 6.61 Å². The summed E-state index contributed by atoms with van der Waals surface area (Å²) in [4.78, 5) is 3.59. The van der Waals surface area contributed by atoms with E-state index in [4.69, 9.17) is 10.5 Å². The van der Waals surface area contributed by atoms with E-state index in [1.54, 1.807) is 11.3 Å². The molecule has 0 spiro atoms. The fraction of sp³-hybridized carbons (Fsp3) is 0.333. The Morgan fingerprint density at radius 1 is 1.30 bits per heavy atom. The van der Waals surface area contributed by atoms with Gasteiger partial charge in [-0.1, -0.05) is 0 Å². The van der Waals surface area contributed by atoms with E-state index >= 15 is 0 Å². The standard InChI is InChI=1S/C15H19BrN2OS/c1-3-19-15-5-4-13(17)6-11(15)8-18(2)9-14-7-12(16)10-20-14/h4-7,10H,3,8-9,17H2,1-2H3. The minimum Gasteiger partial charge on any atom is -0.494 e. The number of rotatable bonds is 6. The van der Waals surface area contributed by atoms with Crippen LogP contribution in [0.2, 0.25) is 0 Å². The Hall–Kier alpha value is -1.04. The molecule has 1 heterocycles. The molecule has 0 atom stereocenters. The zero-order chi connectivity index (χ0) is 14.5. The van der Waals surface area contributed by atoms with E-state index in [1.165, 1.54) is 4.88 Å². The Morgan fingerprint density at radius 3 is 2.75 bits per heavy atom. The molecule has 2 aromatic rings. The molecule has 1 aromatic heterocycles. The second-order valence-corrected chi connectivity index (χ2v) is 6.62. The Balaban J connectivity index is 2.06. The summed E-state index contributed by atoms with van der Waals surface area (Å²) in [5.41, 5.74) is 7.78. The number of hydrogen-bond acceptors (Lipinski definition) is 4. The summed E-state index contributed by atoms with van der Waals surface area (Å²) in [7, 11) is 2.10. The van der Waals surface area contributed by atoms with Crippen LogP contribution in [0.4, 0.5) is 5.69 Å². The Kier molecular flexibility index (Phi) is 5.46. The molecule has 0 aliphatic heterocycles. The summed E-state index contributed by atoms with van der Waals surface area (Å²) in [5, 5.41) is 2.11. The van der Waals surface area contributed by atoms with Gasteiger partial charge in [-0.3, -0.25) is 4.90 Å². The molecule has 3 nitrogen and oxygen atoms in total. The van der Waals surface area contributed by atoms with Gasteiger partial charge in [0.1, 0.15) is 5.75 Å². The number of anilines is 1. The molecule has 20 heavy (non-hydrogen) atoms. The zero-order valence-corrected chi connectivity index (χ0v) is 14.1. The lowest BCUT2D eigenvalue weighted by molar-refractivity contribution is 0.299. The molecule has 0 unspecified atom stereocenters. The molecule has 2 N–H and O–H groups in total. The minimum atomic E-state index is 0.665. The maximum absolute atomic E-state index is 5.88. The molecule has 108 valence electrons. The lowest BCUT2D eigenvalue weighted by Gasteiger charge is -2.18. The van der Waals surface area contributed by atoms with E-state index in [1.807, 2.05) is 25.1 Å². The number of halogens is 1. The van der Waals surface area contributed by atoms with Gasteiger partial charge in [0.2, 0.25) is 0 Å². The lowest BCUT2D eigenvalue weighted by atomic mass is 10.1. The van der Waals surface area contributed by atoms with Gasteiger partial charge in [-0.15, -0.1) is 11.3 Å². The van der Waals surface area contributed by atoms with Gasteiger partial charge in [-0.25, -0.2) is 0 Å². The second-order valence-electron chi connectivity index (χ2n) is 4.70. The number of nitrogens with zero attached hydrogens (tertiary/aromatic N) is 1. The van der Waals surface area contributed by atoms with Crippen LogP contribution in [0.3, 0.4) is 0 Å². The predicted molar refractivity (Wildman–Crippen MR) is 89.2 cm³/mol. The highest BCUT2D eigenvalue weighted by molar-refractivity contribution is 9.10. The zero-order valence-electron chi connectivity index (χ0n) is 11.7. The highest BCUT2D eigenvalue weighted by Crippen LogP contribution is 2.25. The van der Waals surface area contributed by atoms with Crippen molar-refractivity contribution in [2.45, 2.75) is 20.0 Å². The lowest BCUT2D eigenvalue weighted by Crippen LogP contribution is -2.17. The van der Waals surface area contributed by atoms with Gasteiger partial charge >= 0.3 is 0 Å². The Bertz CT molecular complexity index is 571. The van der Waals surface area contributed by atoms with Crippen molar-refractivity contribution in [3.63, 3.8) is 0 Å². The van der Waals surface area contributed by atoms with Gasteiger partial charge in [0, 0.05) is 39.1 Å². The number of benzene rings is 1. The van der Waals surface area contributed by atoms with Crippen LogP contribution in [0.15, 0.2) is 34.1 Å². The smallest absolute Gasteiger partial charge is 0.123 e. The molecule has 0 radical (unpaired) electrons. The number of hydrogen-bond donors (Lipinski definition) is 1. The average molecular weight is 355 g/mol. The van der Waals surface area contributed by atoms with Crippen LogP contribution in [0.5, 0.6) is 5.75 Å². The van der Waals surface area contributed by atoms with Crippen molar-refractivity contribution >= 4 is 33.0 Å². The van der Waals surface area contributed by atoms with Gasteiger partial charge in [0.05, 0.1) is 6.61 Å². The van der Waals surface area contributed by atoms with E-state index in [2.05, 4.69) is 39.3 Å². The molecule has 0 bridgehead atoms. The number of nitrogens with two attached hydrogens (primary N) is 1. The second kappa shape index (κ2) is 7.11. The molecule has 0 amide bonds. The quantitative estimate of drug-likeness (QED) is 0.792. The van der Waals surface area contributed by atoms with Crippen molar-refractivity contribution < 1.29 is 4.74 Å². The van der Waals surface area contributed by atoms with Crippen LogP contribution in [0.25, 0.3) is 0 Å². The maximum atomic E-state index is 5.88. The summed E-state index contributed by atoms with van der Waals surface area (Å²) >= 11 is 5.25. The first-order valence-electron chi connectivity index (χ1n) is 6.51. The van der Waals surface area contributed by atoms with E-state index in [0.717, 1.165) is 34.6 Å². The predicted octanol–water partition coefficient (Wildman–Crippen LogP) is 4.12. The van der Waals surface area contributed by atoms with Crippen LogP contribution in [-0.4, -0.2) is 18.6 Å². The minimum absolute atomic E-state index is 0.665. The normalized spacial score (nSPS) is 11.0. The molecule has 0 saturated carbocycles. The van der Waals surface area contributed by atoms with Crippen LogP contribution in [-0.2, 0) is 13.1 Å². The van der Waals surface area contributed by atoms with Crippen molar-refractivity contribution in [1.29, 1.82) is 0 Å². The average Bonchev–Trinajstić information content (AvgIpc) is 2.78. The Labute approximate surface area is 132 Å². The first-order chi connectivity index (χ1) is 9.58. The topological polar surface area (TPSA) is 38.5 Å². The van der Waals surface area contributed by atoms with Crippen LogP contribution in [0, 0.1) is 0 Å². The van der Waals surface area contributed by atoms with E-state index in [9.17, 15) is 0 Å². The third-order valence-electron chi connectivity index (χ3n) is 2.87. The van der Waals surface area contributed by atoms with Gasteiger partial charge in [0.25, 0.3) is 0 Å². The highest BCUT2D eigenvalue weighted by atomic mass is 79.9. The maximum Gasteiger partial charge on any atom is 0.123 e. The van der Waals surface area contributed by atoms with Gasteiger partial charge < -0.3 is 10.5 Å². The Morgan fingerprint density at radius 2 is 2.10 bits per heavy atom. The molecule has 2 rings (SSSR count). The third-order valence-corrected chi connectivity index (χ3v) is 4.55. The van der Waals surface area contributed by atoms with Crippen LogP contribution < -0.4 is 10.5 Å². The fourth-order valence-electron chi connectivity index (χ4n) is 2.07. The molecule has 0 fully saturated rings. The van der Waals surface area contributed by atoms with Crippen molar-refractivity contribution in [3.05, 3.63) is 44.6 Å². The first kappa shape index (κ1) is 15.4. The first-order valence-corrected chi connectivity index (χ1v) is 8.18. The summed E-state index contributed by atoms with van der Waals surface area (Å²) in [6, 6.07) is 7.98. The third kappa shape index (κ3) is 4.23. The largest absolute Gasteiger partial charge is 0.494 e. The molecular weight excluding hydrogens is 336 g/mol. The van der Waals surface area contributed by atoms with E-state index in [-0.39, 0.29) is 0 Å². The van der Waals surface area contributed by atoms with Crippen LogP contribution >= 0.6 is 27.3 Å². The summed E-state index contributed by atoms with van der Waals surface area (Å²) in [5.74, 6) is 0.918. The molecule has 0 aliphatic rings.